The molecule has 0 saturated carbocycles. The van der Waals surface area contributed by atoms with Crippen LogP contribution in [0.4, 0.5) is 0 Å². The van der Waals surface area contributed by atoms with Gasteiger partial charge < -0.3 is 17.1 Å². The fraction of sp³-hybridized carbons (Fsp3) is 0.500. The molecule has 8 heavy (non-hydrogen) atoms. The largest absolute Gasteiger partial charge is 0.481 e. The van der Waals surface area contributed by atoms with E-state index in [0.29, 0.717) is 0 Å². The Morgan fingerprint density at radius 1 is 1.75 bits per heavy atom. The van der Waals surface area contributed by atoms with Crippen LogP contribution in [0.1, 0.15) is 6.42 Å². The summed E-state index contributed by atoms with van der Waals surface area (Å²) >= 11 is 0. The maximum Gasteiger partial charge on any atom is 0.303 e. The van der Waals surface area contributed by atoms with E-state index in [0.717, 1.165) is 0 Å². The summed E-state index contributed by atoms with van der Waals surface area (Å²) in [6, 6.07) is 0. The van der Waals surface area contributed by atoms with Crippen molar-refractivity contribution in [3.63, 3.8) is 0 Å². The van der Waals surface area contributed by atoms with Gasteiger partial charge in [0, 0.05) is 39.1 Å². The molecule has 0 aliphatic rings. The van der Waals surface area contributed by atoms with Gasteiger partial charge in [-0.25, -0.2) is 0 Å². The van der Waals surface area contributed by atoms with Crippen LogP contribution >= 0.6 is 0 Å². The molecule has 0 rings (SSSR count). The molecule has 0 bridgehead atoms. The van der Waals surface area contributed by atoms with E-state index in [2.05, 4.69) is 6.92 Å². The van der Waals surface area contributed by atoms with Gasteiger partial charge in [0.1, 0.15) is 0 Å². The molecule has 0 heterocycles. The van der Waals surface area contributed by atoms with Crippen LogP contribution in [-0.2, 0) is 37.5 Å². The first-order chi connectivity index (χ1) is 3.13. The third-order valence-corrected chi connectivity index (χ3v) is 0.410. The van der Waals surface area contributed by atoms with Crippen molar-refractivity contribution in [2.45, 2.75) is 12.5 Å². The summed E-state index contributed by atoms with van der Waals surface area (Å²) in [4.78, 5) is 9.61. The Morgan fingerprint density at radius 3 is 2.12 bits per heavy atom. The van der Waals surface area contributed by atoms with Crippen molar-refractivity contribution in [3.8, 4) is 0 Å². The van der Waals surface area contributed by atoms with Gasteiger partial charge in [0.15, 0.2) is 0 Å². The summed E-state index contributed by atoms with van der Waals surface area (Å²) in [5.74, 6) is -1.03. The molecule has 0 aromatic carbocycles. The number of carboxylic acid groups (broad SMARTS) is 1. The van der Waals surface area contributed by atoms with Gasteiger partial charge in [-0.2, -0.15) is 0 Å². The van der Waals surface area contributed by atoms with E-state index in [1.807, 2.05) is 0 Å². The third kappa shape index (κ3) is 9.73. The molecular formula is C4H7O3Y-. The van der Waals surface area contributed by atoms with Gasteiger partial charge in [0.05, 0.1) is 0 Å². The minimum Gasteiger partial charge on any atom is -0.481 e. The van der Waals surface area contributed by atoms with Crippen molar-refractivity contribution in [2.75, 3.05) is 0 Å². The summed E-state index contributed by atoms with van der Waals surface area (Å²) in [5.41, 5.74) is 0. The molecular weight excluding hydrogens is 185 g/mol. The third-order valence-electron chi connectivity index (χ3n) is 0.410. The molecule has 1 atom stereocenters. The molecule has 0 spiro atoms. The number of aliphatic hydroxyl groups excluding tert-OH is 1. The van der Waals surface area contributed by atoms with E-state index in [1.165, 1.54) is 0 Å². The molecule has 4 heteroatoms. The maximum atomic E-state index is 9.61. The Kier molecular flexibility index (Phi) is 8.04. The van der Waals surface area contributed by atoms with E-state index >= 15 is 0 Å². The summed E-state index contributed by atoms with van der Waals surface area (Å²) < 4.78 is 0. The zero-order chi connectivity index (χ0) is 5.86. The minimum atomic E-state index is -1.03. The van der Waals surface area contributed by atoms with Crippen molar-refractivity contribution in [3.05, 3.63) is 6.92 Å². The normalized spacial score (nSPS) is 11.8. The van der Waals surface area contributed by atoms with Crippen molar-refractivity contribution in [1.82, 2.24) is 0 Å². The van der Waals surface area contributed by atoms with Gasteiger partial charge in [-0.1, -0.05) is 6.10 Å². The van der Waals surface area contributed by atoms with Crippen LogP contribution in [0.15, 0.2) is 0 Å². The molecule has 1 radical (unpaired) electrons. The SMILES string of the molecule is [CH2-]C(O)CC(=O)O.[Y]. The Bertz CT molecular complexity index is 71.7. The first-order valence-corrected chi connectivity index (χ1v) is 1.86. The number of carboxylic acids is 1. The fourth-order valence-corrected chi connectivity index (χ4v) is 0.202. The molecule has 0 fully saturated rings. The second-order valence-corrected chi connectivity index (χ2v) is 1.25. The van der Waals surface area contributed by atoms with Crippen LogP contribution < -0.4 is 0 Å². The van der Waals surface area contributed by atoms with Crippen LogP contribution in [0.3, 0.4) is 0 Å². The number of aliphatic hydroxyl groups is 1. The second-order valence-electron chi connectivity index (χ2n) is 1.25. The van der Waals surface area contributed by atoms with Crippen molar-refractivity contribution in [2.24, 2.45) is 0 Å². The van der Waals surface area contributed by atoms with Crippen LogP contribution in [0.2, 0.25) is 0 Å². The summed E-state index contributed by atoms with van der Waals surface area (Å²) in [6.45, 7) is 3.05. The maximum absolute atomic E-state index is 9.61. The first-order valence-electron chi connectivity index (χ1n) is 1.86. The van der Waals surface area contributed by atoms with E-state index in [1.54, 1.807) is 0 Å². The number of aliphatic carboxylic acids is 1. The Hall–Kier alpha value is 0.534. The second kappa shape index (κ2) is 5.67. The van der Waals surface area contributed by atoms with Gasteiger partial charge in [-0.15, -0.1) is 0 Å². The van der Waals surface area contributed by atoms with Gasteiger partial charge in [0.2, 0.25) is 0 Å². The van der Waals surface area contributed by atoms with Crippen molar-refractivity contribution < 1.29 is 47.7 Å². The fourth-order valence-electron chi connectivity index (χ4n) is 0.202. The molecule has 0 aliphatic carbocycles. The number of hydrogen-bond acceptors (Lipinski definition) is 2. The zero-order valence-corrected chi connectivity index (χ0v) is 7.21. The Morgan fingerprint density at radius 2 is 2.12 bits per heavy atom. The number of hydrogen-bond donors (Lipinski definition) is 2. The number of rotatable bonds is 2. The predicted molar refractivity (Wildman–Crippen MR) is 23.6 cm³/mol. The Labute approximate surface area is 73.0 Å². The molecule has 0 aliphatic heterocycles. The molecule has 0 aromatic rings. The quantitative estimate of drug-likeness (QED) is 0.588. The van der Waals surface area contributed by atoms with Gasteiger partial charge >= 0.3 is 5.97 Å². The van der Waals surface area contributed by atoms with Crippen molar-refractivity contribution >= 4 is 5.97 Å². The molecule has 0 amide bonds. The van der Waals surface area contributed by atoms with Crippen LogP contribution in [-0.4, -0.2) is 22.3 Å². The summed E-state index contributed by atoms with van der Waals surface area (Å²) in [5, 5.41) is 16.1. The van der Waals surface area contributed by atoms with Crippen LogP contribution in [0, 0.1) is 6.92 Å². The molecule has 1 unspecified atom stereocenters. The predicted octanol–water partition coefficient (Wildman–Crippen LogP) is -0.346. The van der Waals surface area contributed by atoms with E-state index in [4.69, 9.17) is 10.2 Å². The van der Waals surface area contributed by atoms with Gasteiger partial charge in [-0.3, -0.25) is 4.79 Å². The molecule has 0 aromatic heterocycles. The molecule has 3 nitrogen and oxygen atoms in total. The topological polar surface area (TPSA) is 57.5 Å². The Balaban J connectivity index is 0. The van der Waals surface area contributed by atoms with E-state index < -0.39 is 12.1 Å². The zero-order valence-electron chi connectivity index (χ0n) is 4.37. The van der Waals surface area contributed by atoms with E-state index in [9.17, 15) is 4.79 Å². The van der Waals surface area contributed by atoms with Crippen molar-refractivity contribution in [1.29, 1.82) is 0 Å². The number of carbonyl (C=O) groups is 1. The van der Waals surface area contributed by atoms with Gasteiger partial charge in [0.25, 0.3) is 0 Å². The average Bonchev–Trinajstić information content (AvgIpc) is 1.27. The van der Waals surface area contributed by atoms with E-state index in [-0.39, 0.29) is 39.1 Å². The summed E-state index contributed by atoms with van der Waals surface area (Å²) in [6.07, 6.45) is -1.25. The van der Waals surface area contributed by atoms with Crippen LogP contribution in [0.5, 0.6) is 0 Å². The minimum absolute atomic E-state index is 0. The standard InChI is InChI=1S/C4H7O3.Y/c1-3(5)2-4(6)7;/h3,5H,1-2H2,(H,6,7);/q-1;. The molecule has 0 saturated heterocycles. The van der Waals surface area contributed by atoms with Gasteiger partial charge in [-0.05, 0) is 0 Å². The monoisotopic (exact) mass is 192 g/mol. The first kappa shape index (κ1) is 11.3. The smallest absolute Gasteiger partial charge is 0.303 e. The molecule has 45 valence electrons. The summed E-state index contributed by atoms with van der Waals surface area (Å²) in [7, 11) is 0. The van der Waals surface area contributed by atoms with Crippen LogP contribution in [0.25, 0.3) is 0 Å². The molecule has 2 N–H and O–H groups in total. The average molecular weight is 192 g/mol.